The van der Waals surface area contributed by atoms with Crippen molar-refractivity contribution in [1.29, 1.82) is 0 Å². The summed E-state index contributed by atoms with van der Waals surface area (Å²) < 4.78 is 10.9. The van der Waals surface area contributed by atoms with Crippen LogP contribution in [0.4, 0.5) is 11.4 Å². The first-order valence-corrected chi connectivity index (χ1v) is 6.89. The number of non-ortho nitro benzene ring substituents is 1. The fraction of sp³-hybridized carbons (Fsp3) is 0.571. The second kappa shape index (κ2) is 8.24. The smallest absolute Gasteiger partial charge is 0.277 e. The maximum Gasteiger partial charge on any atom is 0.277 e. The van der Waals surface area contributed by atoms with Crippen LogP contribution in [0.1, 0.15) is 39.5 Å². The molecule has 0 amide bonds. The Morgan fingerprint density at radius 2 is 1.55 bits per heavy atom. The Bertz CT molecular complexity index is 418. The van der Waals surface area contributed by atoms with Crippen LogP contribution in [0.3, 0.4) is 0 Å². The van der Waals surface area contributed by atoms with Gasteiger partial charge in [-0.15, -0.1) is 0 Å². The number of nitrogens with zero attached hydrogens (tertiary/aromatic N) is 1. The third kappa shape index (κ3) is 4.60. The Balaban J connectivity index is 2.93. The molecule has 0 bridgehead atoms. The molecule has 0 aliphatic carbocycles. The van der Waals surface area contributed by atoms with Crippen molar-refractivity contribution in [2.75, 3.05) is 13.2 Å². The Labute approximate surface area is 119 Å². The van der Waals surface area contributed by atoms with E-state index in [2.05, 4.69) is 0 Å². The van der Waals surface area contributed by atoms with Crippen molar-refractivity contribution in [3.63, 3.8) is 0 Å². The van der Waals surface area contributed by atoms with Crippen molar-refractivity contribution in [2.24, 2.45) is 0 Å². The lowest BCUT2D eigenvalue weighted by Gasteiger charge is -2.12. The van der Waals surface area contributed by atoms with Crippen molar-refractivity contribution < 1.29 is 14.4 Å². The predicted molar refractivity (Wildman–Crippen MR) is 76.7 cm³/mol. The average molecular weight is 281 g/mol. The molecule has 0 aliphatic heterocycles. The van der Waals surface area contributed by atoms with Crippen LogP contribution in [-0.4, -0.2) is 18.1 Å². The minimum Gasteiger partial charge on any atom is -0.491 e. The van der Waals surface area contributed by atoms with Gasteiger partial charge in [0.15, 0.2) is 11.5 Å². The summed E-state index contributed by atoms with van der Waals surface area (Å²) in [6, 6.07) is 2.56. The quantitative estimate of drug-likeness (QED) is 0.390. The summed E-state index contributed by atoms with van der Waals surface area (Å²) in [4.78, 5) is 10.4. The van der Waals surface area contributed by atoms with Gasteiger partial charge >= 0.3 is 0 Å². The van der Waals surface area contributed by atoms with Gasteiger partial charge in [-0.2, -0.15) is 0 Å². The molecular formula is C14H21N2O4. The molecule has 0 aliphatic rings. The molecule has 0 fully saturated rings. The molecule has 0 unspecified atom stereocenters. The molecule has 0 saturated heterocycles. The first-order valence-electron chi connectivity index (χ1n) is 6.89. The summed E-state index contributed by atoms with van der Waals surface area (Å²) in [7, 11) is 0. The summed E-state index contributed by atoms with van der Waals surface area (Å²) in [5.41, 5.74) is 7.94. The lowest BCUT2D eigenvalue weighted by Crippen LogP contribution is -2.02. The molecule has 20 heavy (non-hydrogen) atoms. The van der Waals surface area contributed by atoms with Gasteiger partial charge in [0, 0.05) is 0 Å². The van der Waals surface area contributed by atoms with Crippen LogP contribution in [0.25, 0.3) is 0 Å². The van der Waals surface area contributed by atoms with Crippen LogP contribution in [0, 0.1) is 10.1 Å². The third-order valence-electron chi connectivity index (χ3n) is 2.77. The number of rotatable bonds is 9. The van der Waals surface area contributed by atoms with Crippen LogP contribution in [-0.2, 0) is 0 Å². The Morgan fingerprint density at radius 3 is 1.90 bits per heavy atom. The highest BCUT2D eigenvalue weighted by Crippen LogP contribution is 2.37. The van der Waals surface area contributed by atoms with Gasteiger partial charge in [-0.05, 0) is 12.8 Å². The Hall–Kier alpha value is -1.98. The number of nitrogens with one attached hydrogen (secondary N) is 1. The second-order valence-corrected chi connectivity index (χ2v) is 4.48. The molecule has 0 atom stereocenters. The third-order valence-corrected chi connectivity index (χ3v) is 2.77. The molecule has 1 aromatic carbocycles. The number of hydrogen-bond acceptors (Lipinski definition) is 4. The van der Waals surface area contributed by atoms with Gasteiger partial charge in [0.25, 0.3) is 5.69 Å². The zero-order valence-electron chi connectivity index (χ0n) is 12.0. The molecule has 1 N–H and O–H groups in total. The van der Waals surface area contributed by atoms with E-state index in [0.29, 0.717) is 13.2 Å². The molecule has 1 rings (SSSR count). The number of nitro groups is 1. The molecule has 0 heterocycles. The van der Waals surface area contributed by atoms with E-state index in [1.165, 1.54) is 12.1 Å². The highest BCUT2D eigenvalue weighted by Gasteiger charge is 2.17. The van der Waals surface area contributed by atoms with Gasteiger partial charge in [-0.25, -0.2) is 0 Å². The molecule has 0 spiro atoms. The number of hydrogen-bond donors (Lipinski definition) is 0. The zero-order chi connectivity index (χ0) is 15.0. The van der Waals surface area contributed by atoms with Crippen LogP contribution < -0.4 is 15.2 Å². The summed E-state index contributed by atoms with van der Waals surface area (Å²) in [5.74, 6) is 0.415. The monoisotopic (exact) mass is 281 g/mol. The van der Waals surface area contributed by atoms with Gasteiger partial charge in [0.2, 0.25) is 0 Å². The van der Waals surface area contributed by atoms with E-state index >= 15 is 0 Å². The van der Waals surface area contributed by atoms with E-state index in [9.17, 15) is 10.1 Å². The van der Waals surface area contributed by atoms with Crippen LogP contribution in [0.15, 0.2) is 12.1 Å². The van der Waals surface area contributed by atoms with Gasteiger partial charge in [-0.1, -0.05) is 26.7 Å². The molecule has 1 radical (unpaired) electrons. The van der Waals surface area contributed by atoms with Gasteiger partial charge in [0.05, 0.1) is 30.3 Å². The van der Waals surface area contributed by atoms with Gasteiger partial charge in [0.1, 0.15) is 5.69 Å². The first kappa shape index (κ1) is 16.1. The van der Waals surface area contributed by atoms with E-state index in [1.54, 1.807) is 0 Å². The normalized spacial score (nSPS) is 10.3. The number of unbranched alkanes of at least 4 members (excludes halogenated alkanes) is 2. The van der Waals surface area contributed by atoms with Crippen molar-refractivity contribution in [1.82, 2.24) is 5.73 Å². The lowest BCUT2D eigenvalue weighted by atomic mass is 10.2. The van der Waals surface area contributed by atoms with E-state index < -0.39 is 4.92 Å². The molecule has 0 aromatic heterocycles. The van der Waals surface area contributed by atoms with Crippen molar-refractivity contribution in [3.8, 4) is 11.5 Å². The first-order chi connectivity index (χ1) is 9.60. The largest absolute Gasteiger partial charge is 0.491 e. The van der Waals surface area contributed by atoms with Crippen LogP contribution in [0.2, 0.25) is 0 Å². The second-order valence-electron chi connectivity index (χ2n) is 4.48. The number of ether oxygens (including phenoxy) is 2. The van der Waals surface area contributed by atoms with Crippen molar-refractivity contribution >= 4 is 11.4 Å². The summed E-state index contributed by atoms with van der Waals surface area (Å²) in [5, 5.41) is 10.9. The standard InChI is InChI=1S/C14H21N2O4/c1-3-5-7-19-12-9-11(16(17)18)10-13(14(12)15)20-8-6-4-2/h9-10,15H,3-8H2,1-2H3. The maximum absolute atomic E-state index is 10.9. The number of benzene rings is 1. The predicted octanol–water partition coefficient (Wildman–Crippen LogP) is 3.87. The molecule has 0 saturated carbocycles. The number of nitro benzene ring substituents is 1. The van der Waals surface area contributed by atoms with E-state index in [1.807, 2.05) is 13.8 Å². The highest BCUT2D eigenvalue weighted by atomic mass is 16.6. The van der Waals surface area contributed by atoms with Crippen LogP contribution in [0.5, 0.6) is 11.5 Å². The topological polar surface area (TPSA) is 85.4 Å². The molecule has 1 aromatic rings. The SMILES string of the molecule is CCCCOc1cc([N+](=O)[O-])cc(OCCCC)c1[NH]. The highest BCUT2D eigenvalue weighted by molar-refractivity contribution is 5.65. The summed E-state index contributed by atoms with van der Waals surface area (Å²) >= 11 is 0. The van der Waals surface area contributed by atoms with Gasteiger partial charge < -0.3 is 9.47 Å². The van der Waals surface area contributed by atoms with E-state index in [-0.39, 0.29) is 22.9 Å². The van der Waals surface area contributed by atoms with Crippen molar-refractivity contribution in [2.45, 2.75) is 39.5 Å². The fourth-order valence-corrected chi connectivity index (χ4v) is 1.56. The molecule has 111 valence electrons. The lowest BCUT2D eigenvalue weighted by molar-refractivity contribution is -0.385. The van der Waals surface area contributed by atoms with Gasteiger partial charge in [-0.3, -0.25) is 15.8 Å². The fourth-order valence-electron chi connectivity index (χ4n) is 1.56. The maximum atomic E-state index is 10.9. The van der Waals surface area contributed by atoms with E-state index in [0.717, 1.165) is 25.7 Å². The average Bonchev–Trinajstić information content (AvgIpc) is 2.42. The minimum absolute atomic E-state index is 0.0720. The minimum atomic E-state index is -0.501. The summed E-state index contributed by atoms with van der Waals surface area (Å²) in [6.07, 6.45) is 3.60. The Morgan fingerprint density at radius 1 is 1.10 bits per heavy atom. The molecular weight excluding hydrogens is 260 g/mol. The molecule has 6 nitrogen and oxygen atoms in total. The zero-order valence-corrected chi connectivity index (χ0v) is 12.0. The Kier molecular flexibility index (Phi) is 6.63. The van der Waals surface area contributed by atoms with E-state index in [4.69, 9.17) is 15.2 Å². The van der Waals surface area contributed by atoms with Crippen LogP contribution >= 0.6 is 0 Å². The molecule has 6 heteroatoms. The summed E-state index contributed by atoms with van der Waals surface area (Å²) in [6.45, 7) is 4.94. The van der Waals surface area contributed by atoms with Crippen molar-refractivity contribution in [3.05, 3.63) is 22.2 Å².